The summed E-state index contributed by atoms with van der Waals surface area (Å²) in [5.74, 6) is -0.621. The number of nitrogens with zero attached hydrogens (tertiary/aromatic N) is 1. The van der Waals surface area contributed by atoms with Crippen molar-refractivity contribution in [2.24, 2.45) is 0 Å². The number of carbonyl (C=O) groups is 2. The number of hydrogen-bond donors (Lipinski definition) is 2. The van der Waals surface area contributed by atoms with Gasteiger partial charge in [0.1, 0.15) is 0 Å². The first-order chi connectivity index (χ1) is 11.9. The van der Waals surface area contributed by atoms with Gasteiger partial charge in [-0.1, -0.05) is 32.9 Å². The van der Waals surface area contributed by atoms with E-state index >= 15 is 0 Å². The predicted octanol–water partition coefficient (Wildman–Crippen LogP) is 1.11. The van der Waals surface area contributed by atoms with Gasteiger partial charge in [0.25, 0.3) is 5.91 Å². The van der Waals surface area contributed by atoms with Gasteiger partial charge in [-0.3, -0.25) is 9.59 Å². The van der Waals surface area contributed by atoms with Crippen LogP contribution in [0, 0.1) is 0 Å². The van der Waals surface area contributed by atoms with Crippen molar-refractivity contribution in [2.45, 2.75) is 32.6 Å². The van der Waals surface area contributed by atoms with Crippen molar-refractivity contribution in [1.82, 2.24) is 14.9 Å². The highest BCUT2D eigenvalue weighted by molar-refractivity contribution is 7.88. The number of nitrogens with one attached hydrogen (secondary N) is 2. The smallest absolute Gasteiger partial charge is 0.251 e. The Kier molecular flexibility index (Phi) is 7.77. The fourth-order valence-electron chi connectivity index (χ4n) is 2.14. The molecule has 1 aromatic carbocycles. The molecule has 8 heteroatoms. The topological polar surface area (TPSA) is 95.6 Å². The molecule has 26 heavy (non-hydrogen) atoms. The van der Waals surface area contributed by atoms with E-state index in [2.05, 4.69) is 31.4 Å². The van der Waals surface area contributed by atoms with Crippen molar-refractivity contribution in [3.8, 4) is 0 Å². The lowest BCUT2D eigenvalue weighted by molar-refractivity contribution is -0.120. The number of amides is 2. The summed E-state index contributed by atoms with van der Waals surface area (Å²) in [7, 11) is -1.72. The van der Waals surface area contributed by atoms with Crippen molar-refractivity contribution < 1.29 is 18.0 Å². The van der Waals surface area contributed by atoms with Gasteiger partial charge in [-0.15, -0.1) is 0 Å². The second-order valence-electron chi connectivity index (χ2n) is 7.30. The first-order valence-corrected chi connectivity index (χ1v) is 10.3. The summed E-state index contributed by atoms with van der Waals surface area (Å²) in [5.41, 5.74) is 1.64. The lowest BCUT2D eigenvalue weighted by Crippen LogP contribution is -2.38. The van der Waals surface area contributed by atoms with Crippen LogP contribution in [0.5, 0.6) is 0 Å². The molecule has 0 unspecified atom stereocenters. The van der Waals surface area contributed by atoms with Crippen LogP contribution in [-0.4, -0.2) is 57.5 Å². The minimum atomic E-state index is -3.20. The Morgan fingerprint density at radius 1 is 1.08 bits per heavy atom. The van der Waals surface area contributed by atoms with Crippen LogP contribution in [-0.2, 0) is 20.2 Å². The van der Waals surface area contributed by atoms with Gasteiger partial charge in [0.15, 0.2) is 0 Å². The van der Waals surface area contributed by atoms with E-state index in [9.17, 15) is 18.0 Å². The zero-order chi connectivity index (χ0) is 20.0. The Morgan fingerprint density at radius 3 is 2.15 bits per heavy atom. The Bertz CT molecular complexity index is 722. The van der Waals surface area contributed by atoms with E-state index in [0.717, 1.165) is 11.8 Å². The third-order valence-corrected chi connectivity index (χ3v) is 5.28. The summed E-state index contributed by atoms with van der Waals surface area (Å²) in [6.45, 7) is 6.84. The molecular weight excluding hydrogens is 354 g/mol. The number of sulfonamides is 1. The van der Waals surface area contributed by atoms with Gasteiger partial charge in [0.05, 0.1) is 12.8 Å². The van der Waals surface area contributed by atoms with Crippen molar-refractivity contribution in [3.05, 3.63) is 35.4 Å². The monoisotopic (exact) mass is 383 g/mol. The summed E-state index contributed by atoms with van der Waals surface area (Å²) in [6.07, 6.45) is 1.63. The molecule has 7 nitrogen and oxygen atoms in total. The molecule has 2 N–H and O–H groups in total. The molecule has 0 radical (unpaired) electrons. The van der Waals surface area contributed by atoms with E-state index in [1.807, 2.05) is 12.1 Å². The van der Waals surface area contributed by atoms with E-state index in [0.29, 0.717) is 25.1 Å². The van der Waals surface area contributed by atoms with Crippen molar-refractivity contribution >= 4 is 21.8 Å². The van der Waals surface area contributed by atoms with Crippen LogP contribution in [0.2, 0.25) is 0 Å². The molecular formula is C18H29N3O4S. The normalized spacial score (nSPS) is 12.1. The molecule has 0 aliphatic heterocycles. The lowest BCUT2D eigenvalue weighted by atomic mass is 9.87. The maximum Gasteiger partial charge on any atom is 0.251 e. The molecule has 0 saturated heterocycles. The summed E-state index contributed by atoms with van der Waals surface area (Å²) >= 11 is 0. The highest BCUT2D eigenvalue weighted by Crippen LogP contribution is 2.22. The zero-order valence-electron chi connectivity index (χ0n) is 16.1. The third-order valence-electron chi connectivity index (χ3n) is 3.96. The molecule has 0 saturated carbocycles. The first kappa shape index (κ1) is 22.1. The van der Waals surface area contributed by atoms with Gasteiger partial charge < -0.3 is 10.6 Å². The number of rotatable bonds is 8. The summed E-state index contributed by atoms with van der Waals surface area (Å²) in [6, 6.07) is 7.31. The molecule has 2 amide bonds. The quantitative estimate of drug-likeness (QED) is 0.658. The SMILES string of the molecule is CN(CCCNC(=O)CNC(=O)c1ccc(C(C)(C)C)cc1)S(C)(=O)=O. The number of benzene rings is 1. The minimum Gasteiger partial charge on any atom is -0.355 e. The maximum atomic E-state index is 12.1. The van der Waals surface area contributed by atoms with E-state index in [1.54, 1.807) is 12.1 Å². The Labute approximate surface area is 156 Å². The van der Waals surface area contributed by atoms with E-state index in [1.165, 1.54) is 11.4 Å². The van der Waals surface area contributed by atoms with E-state index < -0.39 is 10.0 Å². The molecule has 0 aromatic heterocycles. The molecule has 146 valence electrons. The molecule has 1 aromatic rings. The molecule has 0 aliphatic rings. The number of carbonyl (C=O) groups excluding carboxylic acids is 2. The Hall–Kier alpha value is -1.93. The Balaban J connectivity index is 2.35. The molecule has 0 atom stereocenters. The minimum absolute atomic E-state index is 0.0140. The standard InChI is InChI=1S/C18H29N3O4S/c1-18(2,3)15-9-7-14(8-10-15)17(23)20-13-16(22)19-11-6-12-21(4)26(5,24)25/h7-10H,6,11-13H2,1-5H3,(H,19,22)(H,20,23). The van der Waals surface area contributed by atoms with Crippen LogP contribution in [0.15, 0.2) is 24.3 Å². The third kappa shape index (κ3) is 7.53. The van der Waals surface area contributed by atoms with E-state index in [-0.39, 0.29) is 23.8 Å². The largest absolute Gasteiger partial charge is 0.355 e. The van der Waals surface area contributed by atoms with Crippen LogP contribution >= 0.6 is 0 Å². The molecule has 0 aliphatic carbocycles. The van der Waals surface area contributed by atoms with Crippen molar-refractivity contribution in [1.29, 1.82) is 0 Å². The van der Waals surface area contributed by atoms with Crippen LogP contribution in [0.3, 0.4) is 0 Å². The van der Waals surface area contributed by atoms with Crippen LogP contribution < -0.4 is 10.6 Å². The zero-order valence-corrected chi connectivity index (χ0v) is 16.9. The highest BCUT2D eigenvalue weighted by atomic mass is 32.2. The first-order valence-electron chi connectivity index (χ1n) is 8.48. The van der Waals surface area contributed by atoms with Gasteiger partial charge >= 0.3 is 0 Å². The van der Waals surface area contributed by atoms with Gasteiger partial charge in [0.2, 0.25) is 15.9 Å². The fourth-order valence-corrected chi connectivity index (χ4v) is 2.60. The van der Waals surface area contributed by atoms with Crippen LogP contribution in [0.1, 0.15) is 43.1 Å². The number of hydrogen-bond acceptors (Lipinski definition) is 4. The summed E-state index contributed by atoms with van der Waals surface area (Å²) < 4.78 is 23.7. The van der Waals surface area contributed by atoms with Gasteiger partial charge in [0, 0.05) is 25.7 Å². The van der Waals surface area contributed by atoms with Gasteiger partial charge in [-0.05, 0) is 29.5 Å². The molecule has 0 bridgehead atoms. The Morgan fingerprint density at radius 2 is 1.65 bits per heavy atom. The lowest BCUT2D eigenvalue weighted by Gasteiger charge is -2.19. The summed E-state index contributed by atoms with van der Waals surface area (Å²) in [4.78, 5) is 23.8. The summed E-state index contributed by atoms with van der Waals surface area (Å²) in [5, 5.41) is 5.22. The highest BCUT2D eigenvalue weighted by Gasteiger charge is 2.15. The molecule has 0 spiro atoms. The van der Waals surface area contributed by atoms with Crippen LogP contribution in [0.4, 0.5) is 0 Å². The molecule has 1 rings (SSSR count). The molecule has 0 heterocycles. The average Bonchev–Trinajstić information content (AvgIpc) is 2.54. The van der Waals surface area contributed by atoms with Crippen molar-refractivity contribution in [3.63, 3.8) is 0 Å². The van der Waals surface area contributed by atoms with Gasteiger partial charge in [-0.2, -0.15) is 0 Å². The molecule has 0 fully saturated rings. The van der Waals surface area contributed by atoms with Crippen molar-refractivity contribution in [2.75, 3.05) is 32.9 Å². The maximum absolute atomic E-state index is 12.1. The van der Waals surface area contributed by atoms with E-state index in [4.69, 9.17) is 0 Å². The second kappa shape index (κ2) is 9.14. The fraction of sp³-hybridized carbons (Fsp3) is 0.556. The average molecular weight is 384 g/mol. The van der Waals surface area contributed by atoms with Crippen LogP contribution in [0.25, 0.3) is 0 Å². The predicted molar refractivity (Wildman–Crippen MR) is 103 cm³/mol. The van der Waals surface area contributed by atoms with Gasteiger partial charge in [-0.25, -0.2) is 12.7 Å². The second-order valence-corrected chi connectivity index (χ2v) is 9.39.